The van der Waals surface area contributed by atoms with Gasteiger partial charge in [-0.05, 0) is 62.6 Å². The lowest BCUT2D eigenvalue weighted by atomic mass is 9.84. The second kappa shape index (κ2) is 6.20. The summed E-state index contributed by atoms with van der Waals surface area (Å²) in [5.41, 5.74) is 5.29. The molecule has 0 aromatic heterocycles. The van der Waals surface area contributed by atoms with E-state index in [0.717, 1.165) is 15.7 Å². The Morgan fingerprint density at radius 3 is 2.24 bits per heavy atom. The van der Waals surface area contributed by atoms with E-state index in [2.05, 4.69) is 54.2 Å². The molecule has 0 fully saturated rings. The van der Waals surface area contributed by atoms with Crippen LogP contribution in [0.3, 0.4) is 0 Å². The van der Waals surface area contributed by atoms with E-state index >= 15 is 0 Å². The second-order valence-electron chi connectivity index (χ2n) is 5.90. The van der Waals surface area contributed by atoms with Gasteiger partial charge in [0.05, 0.1) is 12.1 Å². The number of nitrogens with one attached hydrogen (secondary N) is 1. The van der Waals surface area contributed by atoms with E-state index in [0.29, 0.717) is 0 Å². The van der Waals surface area contributed by atoms with Crippen LogP contribution < -0.4 is 5.32 Å². The lowest BCUT2D eigenvalue weighted by Crippen LogP contribution is -2.37. The van der Waals surface area contributed by atoms with Gasteiger partial charge in [-0.15, -0.1) is 0 Å². The quantitative estimate of drug-likeness (QED) is 0.840. The van der Waals surface area contributed by atoms with E-state index < -0.39 is 5.54 Å². The minimum atomic E-state index is -0.511. The Morgan fingerprint density at radius 1 is 1.10 bits per heavy atom. The molecule has 0 amide bonds. The number of aliphatic hydroxyl groups excluding tert-OH is 1. The number of aryl methyl sites for hydroxylation is 3. The smallest absolute Gasteiger partial charge is 0.0833 e. The molecule has 0 radical (unpaired) electrons. The highest BCUT2D eigenvalue weighted by Crippen LogP contribution is 2.32. The molecule has 2 rings (SSSR count). The fraction of sp³-hybridized carbons (Fsp3) is 0.333. The summed E-state index contributed by atoms with van der Waals surface area (Å²) < 4.78 is 1.02. The number of benzene rings is 2. The van der Waals surface area contributed by atoms with Crippen LogP contribution in [0.2, 0.25) is 0 Å². The highest BCUT2D eigenvalue weighted by molar-refractivity contribution is 9.10. The predicted octanol–water partition coefficient (Wildman–Crippen LogP) is 4.69. The van der Waals surface area contributed by atoms with Crippen LogP contribution in [0.15, 0.2) is 40.9 Å². The van der Waals surface area contributed by atoms with Gasteiger partial charge in [0.2, 0.25) is 0 Å². The van der Waals surface area contributed by atoms with Gasteiger partial charge < -0.3 is 10.4 Å². The van der Waals surface area contributed by atoms with Gasteiger partial charge in [0.15, 0.2) is 0 Å². The van der Waals surface area contributed by atoms with Crippen molar-refractivity contribution in [2.24, 2.45) is 0 Å². The van der Waals surface area contributed by atoms with Gasteiger partial charge in [0.1, 0.15) is 0 Å². The molecule has 0 aliphatic rings. The Hall–Kier alpha value is -1.32. The second-order valence-corrected chi connectivity index (χ2v) is 6.81. The molecule has 0 heterocycles. The summed E-state index contributed by atoms with van der Waals surface area (Å²) in [5.74, 6) is 0. The molecule has 1 atom stereocenters. The molecule has 3 heteroatoms. The highest BCUT2D eigenvalue weighted by atomic mass is 79.9. The molecule has 1 unspecified atom stereocenters. The molecule has 2 nitrogen and oxygen atoms in total. The number of rotatable bonds is 4. The van der Waals surface area contributed by atoms with Crippen molar-refractivity contribution in [1.82, 2.24) is 0 Å². The van der Waals surface area contributed by atoms with Crippen LogP contribution in [-0.2, 0) is 5.54 Å². The molecule has 2 aromatic rings. The average molecular weight is 348 g/mol. The van der Waals surface area contributed by atoms with Crippen LogP contribution in [0.5, 0.6) is 0 Å². The summed E-state index contributed by atoms with van der Waals surface area (Å²) in [4.78, 5) is 0. The molecular formula is C18H22BrNO. The zero-order chi connectivity index (χ0) is 15.6. The van der Waals surface area contributed by atoms with Crippen molar-refractivity contribution in [3.05, 3.63) is 63.1 Å². The van der Waals surface area contributed by atoms with Gasteiger partial charge in [0.25, 0.3) is 0 Å². The first kappa shape index (κ1) is 16.1. The molecule has 0 spiro atoms. The molecule has 2 N–H and O–H groups in total. The minimum Gasteiger partial charge on any atom is -0.394 e. The number of halogens is 1. The van der Waals surface area contributed by atoms with E-state index in [1.165, 1.54) is 16.7 Å². The van der Waals surface area contributed by atoms with Crippen LogP contribution in [-0.4, -0.2) is 11.7 Å². The summed E-state index contributed by atoms with van der Waals surface area (Å²) in [6, 6.07) is 12.3. The van der Waals surface area contributed by atoms with Crippen molar-refractivity contribution in [1.29, 1.82) is 0 Å². The van der Waals surface area contributed by atoms with Gasteiger partial charge in [-0.3, -0.25) is 0 Å². The normalized spacial score (nSPS) is 13.8. The molecule has 0 aliphatic carbocycles. The zero-order valence-corrected chi connectivity index (χ0v) is 14.6. The van der Waals surface area contributed by atoms with E-state index in [9.17, 15) is 5.11 Å². The van der Waals surface area contributed by atoms with Crippen molar-refractivity contribution in [3.8, 4) is 0 Å². The first-order chi connectivity index (χ1) is 9.85. The van der Waals surface area contributed by atoms with Crippen molar-refractivity contribution >= 4 is 21.6 Å². The van der Waals surface area contributed by atoms with Crippen LogP contribution in [0.1, 0.15) is 29.2 Å². The van der Waals surface area contributed by atoms with Crippen LogP contribution in [0, 0.1) is 20.8 Å². The van der Waals surface area contributed by atoms with Crippen molar-refractivity contribution in [2.75, 3.05) is 11.9 Å². The van der Waals surface area contributed by atoms with Gasteiger partial charge in [-0.25, -0.2) is 0 Å². The first-order valence-corrected chi connectivity index (χ1v) is 7.88. The van der Waals surface area contributed by atoms with Crippen molar-refractivity contribution in [3.63, 3.8) is 0 Å². The van der Waals surface area contributed by atoms with Crippen molar-refractivity contribution in [2.45, 2.75) is 33.2 Å². The number of hydrogen-bond acceptors (Lipinski definition) is 2. The molecule has 0 saturated carbocycles. The van der Waals surface area contributed by atoms with E-state index in [4.69, 9.17) is 0 Å². The monoisotopic (exact) mass is 347 g/mol. The maximum Gasteiger partial charge on any atom is 0.0833 e. The largest absolute Gasteiger partial charge is 0.394 e. The van der Waals surface area contributed by atoms with Gasteiger partial charge in [-0.2, -0.15) is 0 Å². The summed E-state index contributed by atoms with van der Waals surface area (Å²) in [5, 5.41) is 13.5. The van der Waals surface area contributed by atoms with Crippen LogP contribution in [0.4, 0.5) is 5.69 Å². The fourth-order valence-corrected chi connectivity index (χ4v) is 3.52. The molecule has 0 aliphatic heterocycles. The van der Waals surface area contributed by atoms with E-state index in [1.807, 2.05) is 31.2 Å². The lowest BCUT2D eigenvalue weighted by Gasteiger charge is -2.33. The minimum absolute atomic E-state index is 0.0320. The summed E-state index contributed by atoms with van der Waals surface area (Å²) >= 11 is 3.48. The summed E-state index contributed by atoms with van der Waals surface area (Å²) in [7, 11) is 0. The molecule has 0 saturated heterocycles. The summed E-state index contributed by atoms with van der Waals surface area (Å²) in [6.07, 6.45) is 0. The third-order valence-electron chi connectivity index (χ3n) is 3.79. The Balaban J connectivity index is 2.46. The SMILES string of the molecule is Cc1cc(C)c(C(C)(CO)Nc2cccc(Br)c2)c(C)c1. The van der Waals surface area contributed by atoms with Gasteiger partial charge in [0, 0.05) is 10.2 Å². The third-order valence-corrected chi connectivity index (χ3v) is 4.28. The zero-order valence-electron chi connectivity index (χ0n) is 13.0. The number of anilines is 1. The highest BCUT2D eigenvalue weighted by Gasteiger charge is 2.29. The maximum atomic E-state index is 10.0. The third kappa shape index (κ3) is 3.47. The molecular weight excluding hydrogens is 326 g/mol. The Bertz CT molecular complexity index is 630. The van der Waals surface area contributed by atoms with Crippen LogP contribution >= 0.6 is 15.9 Å². The maximum absolute atomic E-state index is 10.0. The van der Waals surface area contributed by atoms with Crippen LogP contribution in [0.25, 0.3) is 0 Å². The summed E-state index contributed by atoms with van der Waals surface area (Å²) in [6.45, 7) is 8.38. The molecule has 2 aromatic carbocycles. The Morgan fingerprint density at radius 2 is 1.71 bits per heavy atom. The van der Waals surface area contributed by atoms with Gasteiger partial charge >= 0.3 is 0 Å². The molecule has 0 bridgehead atoms. The predicted molar refractivity (Wildman–Crippen MR) is 92.9 cm³/mol. The van der Waals surface area contributed by atoms with E-state index in [-0.39, 0.29) is 6.61 Å². The Labute approximate surface area is 135 Å². The van der Waals surface area contributed by atoms with Gasteiger partial charge in [-0.1, -0.05) is 39.7 Å². The lowest BCUT2D eigenvalue weighted by molar-refractivity contribution is 0.223. The number of hydrogen-bond donors (Lipinski definition) is 2. The fourth-order valence-electron chi connectivity index (χ4n) is 3.12. The molecule has 112 valence electrons. The topological polar surface area (TPSA) is 32.3 Å². The Kier molecular flexibility index (Phi) is 4.74. The standard InChI is InChI=1S/C18H22BrNO/c1-12-8-13(2)17(14(3)9-12)18(4,11-21)20-16-7-5-6-15(19)10-16/h5-10,20-21H,11H2,1-4H3. The first-order valence-electron chi connectivity index (χ1n) is 7.08. The van der Waals surface area contributed by atoms with E-state index in [1.54, 1.807) is 0 Å². The average Bonchev–Trinajstić information content (AvgIpc) is 2.37. The molecule has 21 heavy (non-hydrogen) atoms. The van der Waals surface area contributed by atoms with Crippen molar-refractivity contribution < 1.29 is 5.11 Å². The number of aliphatic hydroxyl groups is 1.